The van der Waals surface area contributed by atoms with Gasteiger partial charge in [0.15, 0.2) is 0 Å². The summed E-state index contributed by atoms with van der Waals surface area (Å²) in [6, 6.07) is 6.43. The Balaban J connectivity index is 2.80. The maximum Gasteiger partial charge on any atom is 0.263 e. The Kier molecular flexibility index (Phi) is 9.35. The van der Waals surface area contributed by atoms with Crippen molar-refractivity contribution in [1.82, 2.24) is 9.62 Å². The SMILES string of the molecule is CN(C)CCSC=CC=C(C=CF)NS(=O)(=O)c1ccccc1Br. The normalized spacial score (nSPS) is 13.3. The second kappa shape index (κ2) is 10.7. The number of allylic oxidation sites excluding steroid dienone is 3. The summed E-state index contributed by atoms with van der Waals surface area (Å²) in [6.45, 7) is 0.935. The summed E-state index contributed by atoms with van der Waals surface area (Å²) in [5.74, 6) is 0.911. The number of sulfonamides is 1. The van der Waals surface area contributed by atoms with Crippen molar-refractivity contribution < 1.29 is 12.8 Å². The lowest BCUT2D eigenvalue weighted by atomic mass is 10.4. The number of hydrogen-bond acceptors (Lipinski definition) is 4. The molecule has 1 N–H and O–H groups in total. The van der Waals surface area contributed by atoms with E-state index in [-0.39, 0.29) is 10.6 Å². The molecule has 0 heterocycles. The van der Waals surface area contributed by atoms with Gasteiger partial charge in [0.05, 0.1) is 12.0 Å². The number of nitrogens with one attached hydrogen (secondary N) is 1. The molecule has 1 rings (SSSR count). The van der Waals surface area contributed by atoms with Gasteiger partial charge in [0.1, 0.15) is 4.90 Å². The molecule has 0 saturated carbocycles. The molecule has 0 bridgehead atoms. The number of nitrogens with zero attached hydrogens (tertiary/aromatic N) is 1. The zero-order chi connectivity index (χ0) is 18.0. The first-order chi connectivity index (χ1) is 11.4. The Morgan fingerprint density at radius 2 is 2.08 bits per heavy atom. The van der Waals surface area contributed by atoms with Gasteiger partial charge in [0, 0.05) is 16.8 Å². The van der Waals surface area contributed by atoms with E-state index < -0.39 is 10.0 Å². The van der Waals surface area contributed by atoms with Crippen LogP contribution in [-0.4, -0.2) is 39.7 Å². The Morgan fingerprint density at radius 3 is 2.71 bits per heavy atom. The van der Waals surface area contributed by atoms with E-state index in [2.05, 4.69) is 25.6 Å². The van der Waals surface area contributed by atoms with Crippen LogP contribution in [0.2, 0.25) is 0 Å². The maximum absolute atomic E-state index is 12.5. The largest absolute Gasteiger partial charge is 0.309 e. The number of hydrogen-bond donors (Lipinski definition) is 1. The van der Waals surface area contributed by atoms with Crippen LogP contribution in [0.1, 0.15) is 0 Å². The first-order valence-corrected chi connectivity index (χ1v) is 10.4. The fourth-order valence-corrected chi connectivity index (χ4v) is 4.43. The highest BCUT2D eigenvalue weighted by molar-refractivity contribution is 9.10. The monoisotopic (exact) mass is 434 g/mol. The molecule has 1 aromatic carbocycles. The zero-order valence-electron chi connectivity index (χ0n) is 13.4. The fraction of sp³-hybridized carbons (Fsp3) is 0.250. The van der Waals surface area contributed by atoms with Gasteiger partial charge in [0.25, 0.3) is 10.0 Å². The van der Waals surface area contributed by atoms with Crippen LogP contribution >= 0.6 is 27.7 Å². The number of benzene rings is 1. The standard InChI is InChI=1S/C16H20BrFN2O2S2/c1-20(2)11-13-23-12-5-6-14(9-10-18)19-24(21,22)16-8-4-3-7-15(16)17/h3-10,12,19H,11,13H2,1-2H3. The Labute approximate surface area is 155 Å². The van der Waals surface area contributed by atoms with Crippen LogP contribution in [0.5, 0.6) is 0 Å². The molecular formula is C16H20BrFN2O2S2. The minimum atomic E-state index is -3.80. The van der Waals surface area contributed by atoms with Gasteiger partial charge in [-0.05, 0) is 59.7 Å². The predicted molar refractivity (Wildman–Crippen MR) is 103 cm³/mol. The lowest BCUT2D eigenvalue weighted by Crippen LogP contribution is -2.22. The highest BCUT2D eigenvalue weighted by atomic mass is 79.9. The van der Waals surface area contributed by atoms with Crippen molar-refractivity contribution in [3.05, 3.63) is 64.4 Å². The van der Waals surface area contributed by atoms with Crippen LogP contribution in [0.15, 0.2) is 69.3 Å². The number of rotatable bonds is 9. The molecule has 24 heavy (non-hydrogen) atoms. The summed E-state index contributed by atoms with van der Waals surface area (Å²) in [5, 5.41) is 1.84. The van der Waals surface area contributed by atoms with Crippen molar-refractivity contribution in [3.8, 4) is 0 Å². The molecule has 0 radical (unpaired) electrons. The Hall–Kier alpha value is -1.09. The molecule has 4 nitrogen and oxygen atoms in total. The average Bonchev–Trinajstić information content (AvgIpc) is 2.50. The molecule has 0 aliphatic heterocycles. The van der Waals surface area contributed by atoms with E-state index >= 15 is 0 Å². The second-order valence-corrected chi connectivity index (χ2v) is 8.47. The predicted octanol–water partition coefficient (Wildman–Crippen LogP) is 3.90. The molecule has 0 aromatic heterocycles. The van der Waals surface area contributed by atoms with Gasteiger partial charge < -0.3 is 4.90 Å². The third kappa shape index (κ3) is 7.65. The summed E-state index contributed by atoms with van der Waals surface area (Å²) < 4.78 is 40.1. The summed E-state index contributed by atoms with van der Waals surface area (Å²) in [6.07, 6.45) is 4.54. The molecule has 0 fully saturated rings. The third-order valence-electron chi connectivity index (χ3n) is 2.73. The minimum absolute atomic E-state index is 0.0903. The first kappa shape index (κ1) is 21.0. The van der Waals surface area contributed by atoms with E-state index in [4.69, 9.17) is 0 Å². The summed E-state index contributed by atoms with van der Waals surface area (Å²) in [7, 11) is 0.180. The van der Waals surface area contributed by atoms with Crippen molar-refractivity contribution in [3.63, 3.8) is 0 Å². The lowest BCUT2D eigenvalue weighted by molar-refractivity contribution is 0.437. The lowest BCUT2D eigenvalue weighted by Gasteiger charge is -2.09. The summed E-state index contributed by atoms with van der Waals surface area (Å²) >= 11 is 4.79. The molecule has 0 saturated heterocycles. The van der Waals surface area contributed by atoms with Gasteiger partial charge in [-0.3, -0.25) is 4.72 Å². The van der Waals surface area contributed by atoms with Crippen LogP contribution in [0.4, 0.5) is 4.39 Å². The van der Waals surface area contributed by atoms with Crippen LogP contribution in [-0.2, 0) is 10.0 Å². The van der Waals surface area contributed by atoms with Gasteiger partial charge in [-0.25, -0.2) is 12.8 Å². The van der Waals surface area contributed by atoms with Crippen molar-refractivity contribution in [2.45, 2.75) is 4.90 Å². The van der Waals surface area contributed by atoms with E-state index in [0.29, 0.717) is 10.8 Å². The molecule has 0 spiro atoms. The molecule has 0 aliphatic rings. The van der Waals surface area contributed by atoms with Crippen LogP contribution in [0.25, 0.3) is 0 Å². The smallest absolute Gasteiger partial charge is 0.263 e. The fourth-order valence-electron chi connectivity index (χ4n) is 1.57. The van der Waals surface area contributed by atoms with Gasteiger partial charge in [-0.2, -0.15) is 0 Å². The van der Waals surface area contributed by atoms with Crippen molar-refractivity contribution in [1.29, 1.82) is 0 Å². The minimum Gasteiger partial charge on any atom is -0.309 e. The average molecular weight is 435 g/mol. The van der Waals surface area contributed by atoms with Gasteiger partial charge in [-0.1, -0.05) is 18.2 Å². The van der Waals surface area contributed by atoms with E-state index in [9.17, 15) is 12.8 Å². The van der Waals surface area contributed by atoms with Gasteiger partial charge in [-0.15, -0.1) is 11.8 Å². The van der Waals surface area contributed by atoms with E-state index in [1.165, 1.54) is 12.1 Å². The molecule has 0 amide bonds. The molecule has 0 aliphatic carbocycles. The molecular weight excluding hydrogens is 415 g/mol. The molecule has 132 valence electrons. The topological polar surface area (TPSA) is 49.4 Å². The van der Waals surface area contributed by atoms with E-state index in [0.717, 1.165) is 18.4 Å². The van der Waals surface area contributed by atoms with Gasteiger partial charge >= 0.3 is 0 Å². The first-order valence-electron chi connectivity index (χ1n) is 7.04. The molecule has 8 heteroatoms. The molecule has 0 unspecified atom stereocenters. The van der Waals surface area contributed by atoms with Crippen molar-refractivity contribution in [2.24, 2.45) is 0 Å². The van der Waals surface area contributed by atoms with Crippen molar-refractivity contribution in [2.75, 3.05) is 26.4 Å². The van der Waals surface area contributed by atoms with Crippen LogP contribution in [0.3, 0.4) is 0 Å². The highest BCUT2D eigenvalue weighted by Gasteiger charge is 2.17. The second-order valence-electron chi connectivity index (χ2n) is 4.95. The summed E-state index contributed by atoms with van der Waals surface area (Å²) in [4.78, 5) is 2.16. The number of halogens is 2. The molecule has 0 atom stereocenters. The quantitative estimate of drug-likeness (QED) is 0.472. The van der Waals surface area contributed by atoms with E-state index in [1.54, 1.807) is 36.0 Å². The third-order valence-corrected chi connectivity index (χ3v) is 5.89. The van der Waals surface area contributed by atoms with Gasteiger partial charge in [0.2, 0.25) is 0 Å². The maximum atomic E-state index is 12.5. The number of thioether (sulfide) groups is 1. The zero-order valence-corrected chi connectivity index (χ0v) is 16.7. The Morgan fingerprint density at radius 1 is 1.38 bits per heavy atom. The highest BCUT2D eigenvalue weighted by Crippen LogP contribution is 2.21. The molecule has 1 aromatic rings. The Bertz CT molecular complexity index is 717. The summed E-state index contributed by atoms with van der Waals surface area (Å²) in [5.41, 5.74) is 0.137. The van der Waals surface area contributed by atoms with Crippen LogP contribution < -0.4 is 4.72 Å². The van der Waals surface area contributed by atoms with Crippen molar-refractivity contribution >= 4 is 37.7 Å². The van der Waals surface area contributed by atoms with E-state index in [1.807, 2.05) is 19.5 Å². The van der Waals surface area contributed by atoms with Crippen LogP contribution in [0, 0.1) is 0 Å².